The molecule has 1 N–H and O–H groups in total. The second-order valence-corrected chi connectivity index (χ2v) is 15.5. The van der Waals surface area contributed by atoms with Crippen molar-refractivity contribution in [3.63, 3.8) is 0 Å². The van der Waals surface area contributed by atoms with Gasteiger partial charge in [0.1, 0.15) is 6.04 Å². The summed E-state index contributed by atoms with van der Waals surface area (Å²) in [6.45, 7) is 19.9. The van der Waals surface area contributed by atoms with Gasteiger partial charge in [-0.05, 0) is 50.5 Å². The van der Waals surface area contributed by atoms with Crippen LogP contribution in [0.4, 0.5) is 0 Å². The van der Waals surface area contributed by atoms with Crippen LogP contribution >= 0.6 is 11.8 Å². The fourth-order valence-corrected chi connectivity index (χ4v) is 10.1. The van der Waals surface area contributed by atoms with Gasteiger partial charge in [0.2, 0.25) is 17.7 Å². The smallest absolute Gasteiger partial charge is 0.247 e. The molecule has 1 aromatic rings. The summed E-state index contributed by atoms with van der Waals surface area (Å²) in [6.07, 6.45) is 6.17. The van der Waals surface area contributed by atoms with Crippen LogP contribution < -0.4 is 0 Å². The lowest BCUT2D eigenvalue weighted by atomic mass is 9.70. The minimum Gasteiger partial charge on any atom is -0.396 e. The second kappa shape index (κ2) is 12.6. The van der Waals surface area contributed by atoms with E-state index >= 15 is 0 Å². The fourth-order valence-electron chi connectivity index (χ4n) is 7.90. The van der Waals surface area contributed by atoms with Crippen molar-refractivity contribution >= 4 is 29.5 Å². The van der Waals surface area contributed by atoms with Gasteiger partial charge in [-0.15, -0.1) is 24.9 Å². The monoisotopic (exact) mass is 595 g/mol. The molecule has 3 aliphatic heterocycles. The van der Waals surface area contributed by atoms with E-state index in [0.29, 0.717) is 26.1 Å². The van der Waals surface area contributed by atoms with Crippen molar-refractivity contribution in [3.05, 3.63) is 61.2 Å². The molecule has 5 atom stereocenters. The molecule has 7 nitrogen and oxygen atoms in total. The van der Waals surface area contributed by atoms with Gasteiger partial charge in [0, 0.05) is 43.6 Å². The molecule has 3 heterocycles. The van der Waals surface area contributed by atoms with E-state index < -0.39 is 28.2 Å². The number of rotatable bonds is 13. The summed E-state index contributed by atoms with van der Waals surface area (Å²) in [5.41, 5.74) is 0.531. The summed E-state index contributed by atoms with van der Waals surface area (Å²) in [5.74, 6) is -1.31. The topological polar surface area (TPSA) is 81.2 Å². The van der Waals surface area contributed by atoms with Crippen LogP contribution in [0.2, 0.25) is 0 Å². The molecule has 4 rings (SSSR count). The van der Waals surface area contributed by atoms with Crippen molar-refractivity contribution in [1.29, 1.82) is 0 Å². The molecule has 1 spiro atoms. The zero-order valence-corrected chi connectivity index (χ0v) is 26.9. The molecule has 3 aliphatic rings. The van der Waals surface area contributed by atoms with Crippen LogP contribution in [-0.4, -0.2) is 85.3 Å². The Morgan fingerprint density at radius 2 is 1.76 bits per heavy atom. The van der Waals surface area contributed by atoms with Gasteiger partial charge in [0.05, 0.1) is 16.6 Å². The van der Waals surface area contributed by atoms with Gasteiger partial charge in [-0.1, -0.05) is 63.3 Å². The van der Waals surface area contributed by atoms with Crippen molar-refractivity contribution in [3.8, 4) is 0 Å². The van der Waals surface area contributed by atoms with Crippen molar-refractivity contribution in [2.24, 2.45) is 17.3 Å². The van der Waals surface area contributed by atoms with E-state index in [4.69, 9.17) is 0 Å². The number of hydrogen-bond donors (Lipinski definition) is 1. The number of carbonyl (C=O) groups is 3. The fraction of sp³-hybridized carbons (Fsp3) is 0.618. The minimum atomic E-state index is -0.685. The first-order chi connectivity index (χ1) is 19.8. The predicted molar refractivity (Wildman–Crippen MR) is 170 cm³/mol. The van der Waals surface area contributed by atoms with E-state index in [1.807, 2.05) is 35.2 Å². The van der Waals surface area contributed by atoms with E-state index in [2.05, 4.69) is 47.8 Å². The van der Waals surface area contributed by atoms with E-state index in [-0.39, 0.29) is 41.5 Å². The number of aliphatic hydroxyl groups is 1. The average Bonchev–Trinajstić information content (AvgIpc) is 3.56. The number of aliphatic hydroxyl groups excluding tert-OH is 1. The highest BCUT2D eigenvalue weighted by Gasteiger charge is 2.74. The molecular weight excluding hydrogens is 546 g/mol. The van der Waals surface area contributed by atoms with E-state index in [9.17, 15) is 19.5 Å². The minimum absolute atomic E-state index is 0.0136. The van der Waals surface area contributed by atoms with E-state index in [1.165, 1.54) is 0 Å². The SMILES string of the molecule is C=CCN(Cc1ccccc1)C(=O)[C@@H]1[C@H]2C(=O)N(CCCO)C(C(=O)N(CC=C)C(C)(C)CC(C)(C)C)C23CC[C@H]1S3. The van der Waals surface area contributed by atoms with Gasteiger partial charge < -0.3 is 19.8 Å². The van der Waals surface area contributed by atoms with Crippen LogP contribution in [0.25, 0.3) is 0 Å². The number of carbonyl (C=O) groups excluding carboxylic acids is 3. The highest BCUT2D eigenvalue weighted by Crippen LogP contribution is 2.67. The maximum absolute atomic E-state index is 14.8. The van der Waals surface area contributed by atoms with Gasteiger partial charge in [-0.2, -0.15) is 0 Å². The molecule has 0 saturated carbocycles. The molecule has 42 heavy (non-hydrogen) atoms. The van der Waals surface area contributed by atoms with Crippen molar-refractivity contribution < 1.29 is 19.5 Å². The number of amides is 3. The van der Waals surface area contributed by atoms with Gasteiger partial charge in [-0.25, -0.2) is 0 Å². The van der Waals surface area contributed by atoms with Crippen LogP contribution in [0.3, 0.4) is 0 Å². The zero-order chi connectivity index (χ0) is 30.9. The number of nitrogens with zero attached hydrogens (tertiary/aromatic N) is 3. The summed E-state index contributed by atoms with van der Waals surface area (Å²) in [5, 5.41) is 9.70. The van der Waals surface area contributed by atoms with Crippen LogP contribution in [0.1, 0.15) is 65.9 Å². The standard InChI is InChI=1S/C34H49N3O4S/c1-8-18-35(22-24-14-11-10-12-15-24)29(39)26-25-16-17-34(42-25)27(26)30(40)36(20-13-21-38)28(34)31(41)37(19-9-2)33(6,7)23-32(3,4)5/h8-12,14-15,25-28,38H,1-2,13,16-23H2,3-7H3/t25-,26+,27+,28?,34?/m1/s1. The third-order valence-electron chi connectivity index (χ3n) is 9.03. The molecule has 3 saturated heterocycles. The molecule has 0 aliphatic carbocycles. The Hall–Kier alpha value is -2.58. The largest absolute Gasteiger partial charge is 0.396 e. The van der Waals surface area contributed by atoms with Crippen molar-refractivity contribution in [2.75, 3.05) is 26.2 Å². The lowest BCUT2D eigenvalue weighted by Crippen LogP contribution is -2.60. The quantitative estimate of drug-likeness (QED) is 0.328. The normalized spacial score (nSPS) is 26.7. The van der Waals surface area contributed by atoms with Gasteiger partial charge >= 0.3 is 0 Å². The Labute approximate surface area is 256 Å². The van der Waals surface area contributed by atoms with E-state index in [0.717, 1.165) is 24.8 Å². The Bertz CT molecular complexity index is 1180. The highest BCUT2D eigenvalue weighted by molar-refractivity contribution is 8.02. The number of benzene rings is 1. The Balaban J connectivity index is 1.72. The molecule has 0 radical (unpaired) electrons. The van der Waals surface area contributed by atoms with Crippen LogP contribution in [-0.2, 0) is 20.9 Å². The number of thioether (sulfide) groups is 1. The van der Waals surface area contributed by atoms with Crippen LogP contribution in [0, 0.1) is 17.3 Å². The van der Waals surface area contributed by atoms with Crippen LogP contribution in [0.15, 0.2) is 55.6 Å². The number of hydrogen-bond acceptors (Lipinski definition) is 5. The first kappa shape index (κ1) is 32.3. The molecule has 230 valence electrons. The Morgan fingerprint density at radius 1 is 1.10 bits per heavy atom. The van der Waals surface area contributed by atoms with Gasteiger partial charge in [-0.3, -0.25) is 14.4 Å². The number of likely N-dealkylation sites (tertiary alicyclic amines) is 1. The molecule has 2 bridgehead atoms. The molecule has 1 aromatic carbocycles. The maximum atomic E-state index is 14.8. The third kappa shape index (κ3) is 6.07. The molecule has 2 unspecified atom stereocenters. The van der Waals surface area contributed by atoms with E-state index in [1.54, 1.807) is 33.7 Å². The first-order valence-corrected chi connectivity index (χ1v) is 16.1. The zero-order valence-electron chi connectivity index (χ0n) is 26.1. The highest BCUT2D eigenvalue weighted by atomic mass is 32.2. The second-order valence-electron chi connectivity index (χ2n) is 13.9. The van der Waals surface area contributed by atoms with Gasteiger partial charge in [0.15, 0.2) is 0 Å². The first-order valence-electron chi connectivity index (χ1n) is 15.3. The summed E-state index contributed by atoms with van der Waals surface area (Å²) in [6, 6.07) is 9.18. The summed E-state index contributed by atoms with van der Waals surface area (Å²) >= 11 is 1.69. The molecule has 8 heteroatoms. The predicted octanol–water partition coefficient (Wildman–Crippen LogP) is 4.90. The van der Waals surface area contributed by atoms with Gasteiger partial charge in [0.25, 0.3) is 0 Å². The summed E-state index contributed by atoms with van der Waals surface area (Å²) in [7, 11) is 0. The Morgan fingerprint density at radius 3 is 2.36 bits per heavy atom. The lowest BCUT2D eigenvalue weighted by molar-refractivity contribution is -0.147. The molecule has 3 fully saturated rings. The lowest BCUT2D eigenvalue weighted by Gasteiger charge is -2.46. The van der Waals surface area contributed by atoms with Crippen molar-refractivity contribution in [2.45, 2.75) is 88.4 Å². The van der Waals surface area contributed by atoms with Crippen LogP contribution in [0.5, 0.6) is 0 Å². The average molecular weight is 596 g/mol. The third-order valence-corrected chi connectivity index (χ3v) is 11.0. The summed E-state index contributed by atoms with van der Waals surface area (Å²) in [4.78, 5) is 48.8. The molecule has 3 amide bonds. The summed E-state index contributed by atoms with van der Waals surface area (Å²) < 4.78 is -0.668. The number of fused-ring (bicyclic) bond motifs is 1. The maximum Gasteiger partial charge on any atom is 0.247 e. The Kier molecular flexibility index (Phi) is 9.68. The molecular formula is C34H49N3O4S. The van der Waals surface area contributed by atoms with Crippen molar-refractivity contribution in [1.82, 2.24) is 14.7 Å². The molecule has 0 aromatic heterocycles.